The lowest BCUT2D eigenvalue weighted by atomic mass is 10.2. The molecule has 24 heavy (non-hydrogen) atoms. The van der Waals surface area contributed by atoms with Crippen molar-refractivity contribution in [3.05, 3.63) is 39.8 Å². The third kappa shape index (κ3) is 5.70. The number of nitrogens with zero attached hydrogens (tertiary/aromatic N) is 2. The van der Waals surface area contributed by atoms with Crippen molar-refractivity contribution in [2.75, 3.05) is 26.2 Å². The van der Waals surface area contributed by atoms with Gasteiger partial charge in [-0.1, -0.05) is 28.1 Å². The summed E-state index contributed by atoms with van der Waals surface area (Å²) in [6.45, 7) is 3.51. The molecule has 1 fully saturated rings. The lowest BCUT2D eigenvalue weighted by Crippen LogP contribution is -2.35. The van der Waals surface area contributed by atoms with Gasteiger partial charge >= 0.3 is 0 Å². The fraction of sp³-hybridized carbons (Fsp3) is 0.375. The van der Waals surface area contributed by atoms with E-state index in [1.807, 2.05) is 34.5 Å². The average molecular weight is 453 g/mol. The fourth-order valence-corrected chi connectivity index (χ4v) is 3.72. The molecule has 0 bridgehead atoms. The van der Waals surface area contributed by atoms with Gasteiger partial charge in [-0.15, -0.1) is 36.2 Å². The Morgan fingerprint density at radius 2 is 2.12 bits per heavy atom. The third-order valence-electron chi connectivity index (χ3n) is 3.65. The van der Waals surface area contributed by atoms with E-state index in [4.69, 9.17) is 0 Å². The number of aromatic nitrogens is 1. The number of hydrogen-bond donors (Lipinski definition) is 1. The molecule has 1 aromatic carbocycles. The van der Waals surface area contributed by atoms with E-state index >= 15 is 0 Å². The quantitative estimate of drug-likeness (QED) is 0.770. The first kappa shape index (κ1) is 21.4. The van der Waals surface area contributed by atoms with Gasteiger partial charge in [0.1, 0.15) is 5.01 Å². The number of benzene rings is 1. The Morgan fingerprint density at radius 3 is 2.92 bits per heavy atom. The molecule has 0 atom stereocenters. The van der Waals surface area contributed by atoms with Crippen molar-refractivity contribution in [2.45, 2.75) is 12.8 Å². The van der Waals surface area contributed by atoms with Gasteiger partial charge in [0.15, 0.2) is 0 Å². The Bertz CT molecular complexity index is 660. The maximum absolute atomic E-state index is 12.4. The first-order valence-corrected chi connectivity index (χ1v) is 9.08. The lowest BCUT2D eigenvalue weighted by molar-refractivity contribution is -0.130. The zero-order valence-corrected chi connectivity index (χ0v) is 17.1. The summed E-state index contributed by atoms with van der Waals surface area (Å²) in [7, 11) is 0. The van der Waals surface area contributed by atoms with Crippen molar-refractivity contribution in [3.8, 4) is 10.6 Å². The summed E-state index contributed by atoms with van der Waals surface area (Å²) < 4.78 is 1.04. The molecule has 1 amide bonds. The smallest absolute Gasteiger partial charge is 0.228 e. The summed E-state index contributed by atoms with van der Waals surface area (Å²) in [5.41, 5.74) is 1.94. The van der Waals surface area contributed by atoms with Crippen LogP contribution in [0, 0.1) is 0 Å². The number of carbonyl (C=O) groups is 1. The van der Waals surface area contributed by atoms with Crippen molar-refractivity contribution in [1.82, 2.24) is 15.2 Å². The zero-order valence-electron chi connectivity index (χ0n) is 13.0. The first-order chi connectivity index (χ1) is 10.7. The monoisotopic (exact) mass is 451 g/mol. The summed E-state index contributed by atoms with van der Waals surface area (Å²) in [5.74, 6) is 0.176. The molecule has 4 nitrogen and oxygen atoms in total. The maximum Gasteiger partial charge on any atom is 0.228 e. The van der Waals surface area contributed by atoms with Crippen LogP contribution in [-0.2, 0) is 11.2 Å². The van der Waals surface area contributed by atoms with Gasteiger partial charge in [-0.3, -0.25) is 4.79 Å². The molecule has 3 rings (SSSR count). The van der Waals surface area contributed by atoms with Crippen LogP contribution in [-0.4, -0.2) is 42.0 Å². The van der Waals surface area contributed by atoms with Crippen LogP contribution in [0.15, 0.2) is 34.1 Å². The average Bonchev–Trinajstić information content (AvgIpc) is 2.80. The predicted octanol–water partition coefficient (Wildman–Crippen LogP) is 3.78. The predicted molar refractivity (Wildman–Crippen MR) is 108 cm³/mol. The Labute approximate surface area is 167 Å². The summed E-state index contributed by atoms with van der Waals surface area (Å²) in [4.78, 5) is 18.9. The van der Waals surface area contributed by atoms with Crippen LogP contribution >= 0.6 is 52.1 Å². The second-order valence-electron chi connectivity index (χ2n) is 5.32. The van der Waals surface area contributed by atoms with Crippen LogP contribution in [0.4, 0.5) is 0 Å². The molecule has 1 aromatic heterocycles. The molecule has 1 saturated heterocycles. The highest BCUT2D eigenvalue weighted by atomic mass is 79.9. The van der Waals surface area contributed by atoms with Gasteiger partial charge in [0.05, 0.1) is 12.1 Å². The summed E-state index contributed by atoms with van der Waals surface area (Å²) in [6, 6.07) is 8.07. The number of carbonyl (C=O) groups excluding carboxylic acids is 1. The van der Waals surface area contributed by atoms with Crippen LogP contribution in [0.25, 0.3) is 10.6 Å². The molecule has 8 heteroatoms. The highest BCUT2D eigenvalue weighted by Crippen LogP contribution is 2.26. The van der Waals surface area contributed by atoms with E-state index in [1.165, 1.54) is 0 Å². The van der Waals surface area contributed by atoms with E-state index < -0.39 is 0 Å². The first-order valence-electron chi connectivity index (χ1n) is 7.41. The summed E-state index contributed by atoms with van der Waals surface area (Å²) in [5, 5.41) is 6.27. The van der Waals surface area contributed by atoms with Gasteiger partial charge < -0.3 is 10.2 Å². The number of nitrogens with one attached hydrogen (secondary N) is 1. The molecule has 1 aliphatic rings. The molecule has 2 aromatic rings. The molecule has 0 spiro atoms. The number of hydrogen-bond acceptors (Lipinski definition) is 4. The SMILES string of the molecule is Cl.Cl.O=C(Cc1csc(-c2cccc(Br)c2)n1)N1CCCNCC1. The van der Waals surface area contributed by atoms with E-state index in [0.717, 1.165) is 53.3 Å². The van der Waals surface area contributed by atoms with Crippen LogP contribution in [0.1, 0.15) is 12.1 Å². The van der Waals surface area contributed by atoms with Crippen molar-refractivity contribution in [1.29, 1.82) is 0 Å². The van der Waals surface area contributed by atoms with Crippen molar-refractivity contribution >= 4 is 58.0 Å². The van der Waals surface area contributed by atoms with Gasteiger partial charge in [-0.05, 0) is 25.1 Å². The second kappa shape index (κ2) is 10.4. The van der Waals surface area contributed by atoms with Gasteiger partial charge in [0.2, 0.25) is 5.91 Å². The highest BCUT2D eigenvalue weighted by Gasteiger charge is 2.17. The van der Waals surface area contributed by atoms with E-state index in [9.17, 15) is 4.79 Å². The van der Waals surface area contributed by atoms with Crippen LogP contribution in [0.5, 0.6) is 0 Å². The summed E-state index contributed by atoms with van der Waals surface area (Å²) >= 11 is 5.07. The van der Waals surface area contributed by atoms with E-state index in [1.54, 1.807) is 11.3 Å². The normalized spacial score (nSPS) is 14.3. The largest absolute Gasteiger partial charge is 0.341 e. The minimum Gasteiger partial charge on any atom is -0.341 e. The van der Waals surface area contributed by atoms with E-state index in [-0.39, 0.29) is 30.7 Å². The molecule has 0 saturated carbocycles. The molecule has 0 aliphatic carbocycles. The van der Waals surface area contributed by atoms with Gasteiger partial charge in [-0.25, -0.2) is 4.98 Å². The zero-order chi connectivity index (χ0) is 15.4. The van der Waals surface area contributed by atoms with Gasteiger partial charge in [0, 0.05) is 35.1 Å². The van der Waals surface area contributed by atoms with Crippen LogP contribution < -0.4 is 5.32 Å². The Balaban J connectivity index is 0.00000144. The second-order valence-corrected chi connectivity index (χ2v) is 7.09. The molecule has 0 radical (unpaired) electrons. The number of amides is 1. The van der Waals surface area contributed by atoms with Crippen molar-refractivity contribution < 1.29 is 4.79 Å². The Morgan fingerprint density at radius 1 is 1.29 bits per heavy atom. The third-order valence-corrected chi connectivity index (χ3v) is 5.08. The number of rotatable bonds is 3. The van der Waals surface area contributed by atoms with Crippen LogP contribution in [0.2, 0.25) is 0 Å². The minimum absolute atomic E-state index is 0. The molecule has 1 N–H and O–H groups in total. The maximum atomic E-state index is 12.4. The van der Waals surface area contributed by atoms with E-state index in [0.29, 0.717) is 6.42 Å². The summed E-state index contributed by atoms with van der Waals surface area (Å²) in [6.07, 6.45) is 1.41. The molecule has 0 unspecified atom stereocenters. The highest BCUT2D eigenvalue weighted by molar-refractivity contribution is 9.10. The van der Waals surface area contributed by atoms with Gasteiger partial charge in [-0.2, -0.15) is 0 Å². The fourth-order valence-electron chi connectivity index (χ4n) is 2.50. The number of thiazole rings is 1. The van der Waals surface area contributed by atoms with Crippen molar-refractivity contribution in [2.24, 2.45) is 0 Å². The topological polar surface area (TPSA) is 45.2 Å². The van der Waals surface area contributed by atoms with Crippen LogP contribution in [0.3, 0.4) is 0 Å². The van der Waals surface area contributed by atoms with Crippen molar-refractivity contribution in [3.63, 3.8) is 0 Å². The Kier molecular flexibility index (Phi) is 9.23. The van der Waals surface area contributed by atoms with Gasteiger partial charge in [0.25, 0.3) is 0 Å². The molecule has 132 valence electrons. The standard InChI is InChI=1S/C16H18BrN3OS.2ClH/c17-13-4-1-3-12(9-13)16-19-14(11-22-16)10-15(21)20-7-2-5-18-6-8-20;;/h1,3-4,9,11,18H,2,5-8,10H2;2*1H. The number of halogens is 3. The Hall–Kier alpha value is -0.660. The molecular formula is C16H20BrCl2N3OS. The molecule has 2 heterocycles. The molecular weight excluding hydrogens is 433 g/mol. The minimum atomic E-state index is 0. The van der Waals surface area contributed by atoms with E-state index in [2.05, 4.69) is 26.2 Å². The lowest BCUT2D eigenvalue weighted by Gasteiger charge is -2.19. The molecule has 1 aliphatic heterocycles.